The van der Waals surface area contributed by atoms with E-state index in [1.54, 1.807) is 0 Å². The number of urea groups is 1. The largest absolute Gasteiger partial charge is 0.480 e. The van der Waals surface area contributed by atoms with Gasteiger partial charge in [0.15, 0.2) is 0 Å². The predicted octanol–water partition coefficient (Wildman–Crippen LogP) is 1.68. The molecule has 17 heavy (non-hydrogen) atoms. The Morgan fingerprint density at radius 3 is 2.59 bits per heavy atom. The lowest BCUT2D eigenvalue weighted by Crippen LogP contribution is -2.49. The molecule has 0 spiro atoms. The van der Waals surface area contributed by atoms with Gasteiger partial charge in [0.25, 0.3) is 0 Å². The van der Waals surface area contributed by atoms with Gasteiger partial charge in [0.05, 0.1) is 0 Å². The van der Waals surface area contributed by atoms with Gasteiger partial charge in [-0.25, -0.2) is 9.59 Å². The van der Waals surface area contributed by atoms with Crippen molar-refractivity contribution in [2.75, 3.05) is 7.05 Å². The summed E-state index contributed by atoms with van der Waals surface area (Å²) in [5.41, 5.74) is 0. The minimum absolute atomic E-state index is 0.190. The van der Waals surface area contributed by atoms with Crippen LogP contribution in [0.3, 0.4) is 0 Å². The number of rotatable bonds is 3. The third-order valence-electron chi connectivity index (χ3n) is 3.52. The van der Waals surface area contributed by atoms with Crippen molar-refractivity contribution in [2.24, 2.45) is 5.92 Å². The number of carbonyl (C=O) groups excluding carboxylic acids is 1. The lowest BCUT2D eigenvalue weighted by Gasteiger charge is -2.30. The molecule has 0 aromatic heterocycles. The van der Waals surface area contributed by atoms with E-state index in [0.717, 1.165) is 19.3 Å². The molecule has 0 aromatic rings. The highest BCUT2D eigenvalue weighted by Crippen LogP contribution is 2.23. The third-order valence-corrected chi connectivity index (χ3v) is 3.52. The molecular weight excluding hydrogens is 220 g/mol. The summed E-state index contributed by atoms with van der Waals surface area (Å²) in [4.78, 5) is 23.8. The van der Waals surface area contributed by atoms with Crippen LogP contribution in [0.5, 0.6) is 0 Å². The van der Waals surface area contributed by atoms with Gasteiger partial charge in [-0.3, -0.25) is 0 Å². The van der Waals surface area contributed by atoms with Crippen LogP contribution >= 0.6 is 0 Å². The van der Waals surface area contributed by atoms with Gasteiger partial charge in [0.2, 0.25) is 0 Å². The second-order valence-corrected chi connectivity index (χ2v) is 5.04. The zero-order valence-corrected chi connectivity index (χ0v) is 10.8. The average molecular weight is 242 g/mol. The van der Waals surface area contributed by atoms with Crippen molar-refractivity contribution in [1.29, 1.82) is 0 Å². The van der Waals surface area contributed by atoms with Gasteiger partial charge in [-0.15, -0.1) is 0 Å². The second-order valence-electron chi connectivity index (χ2n) is 5.04. The first kappa shape index (κ1) is 13.8. The smallest absolute Gasteiger partial charge is 0.326 e. The maximum Gasteiger partial charge on any atom is 0.326 e. The van der Waals surface area contributed by atoms with Crippen molar-refractivity contribution in [3.8, 4) is 0 Å². The van der Waals surface area contributed by atoms with E-state index in [-0.39, 0.29) is 12.1 Å². The molecule has 5 heteroatoms. The number of nitrogens with one attached hydrogen (secondary N) is 1. The van der Waals surface area contributed by atoms with Gasteiger partial charge in [0.1, 0.15) is 6.04 Å². The van der Waals surface area contributed by atoms with Crippen LogP contribution < -0.4 is 5.32 Å². The van der Waals surface area contributed by atoms with E-state index >= 15 is 0 Å². The Kier molecular flexibility index (Phi) is 4.78. The van der Waals surface area contributed by atoms with Gasteiger partial charge in [-0.2, -0.15) is 0 Å². The summed E-state index contributed by atoms with van der Waals surface area (Å²) >= 11 is 0. The quantitative estimate of drug-likeness (QED) is 0.791. The molecular formula is C12H22N2O3. The Morgan fingerprint density at radius 2 is 2.06 bits per heavy atom. The van der Waals surface area contributed by atoms with Crippen molar-refractivity contribution in [1.82, 2.24) is 10.2 Å². The number of carbonyl (C=O) groups is 2. The SMILES string of the molecule is CC1CCCC(NC(=O)N(C)C(C)C(=O)O)C1. The average Bonchev–Trinajstić information content (AvgIpc) is 2.26. The van der Waals surface area contributed by atoms with E-state index in [0.29, 0.717) is 5.92 Å². The van der Waals surface area contributed by atoms with Crippen LogP contribution in [0.25, 0.3) is 0 Å². The van der Waals surface area contributed by atoms with E-state index in [9.17, 15) is 9.59 Å². The third kappa shape index (κ3) is 3.91. The zero-order valence-electron chi connectivity index (χ0n) is 10.8. The number of hydrogen-bond donors (Lipinski definition) is 2. The topological polar surface area (TPSA) is 69.6 Å². The highest BCUT2D eigenvalue weighted by atomic mass is 16.4. The van der Waals surface area contributed by atoms with E-state index in [2.05, 4.69) is 12.2 Å². The first-order chi connectivity index (χ1) is 7.91. The summed E-state index contributed by atoms with van der Waals surface area (Å²) in [6, 6.07) is -0.898. The van der Waals surface area contributed by atoms with Gasteiger partial charge in [-0.1, -0.05) is 19.8 Å². The van der Waals surface area contributed by atoms with Gasteiger partial charge >= 0.3 is 12.0 Å². The summed E-state index contributed by atoms with van der Waals surface area (Å²) in [6.07, 6.45) is 4.32. The van der Waals surface area contributed by atoms with Gasteiger partial charge < -0.3 is 15.3 Å². The Bertz CT molecular complexity index is 293. The molecule has 2 amide bonds. The van der Waals surface area contributed by atoms with E-state index in [4.69, 9.17) is 5.11 Å². The van der Waals surface area contributed by atoms with Crippen LogP contribution in [0.1, 0.15) is 39.5 Å². The molecule has 0 radical (unpaired) electrons. The molecule has 1 aliphatic rings. The maximum atomic E-state index is 11.8. The minimum atomic E-state index is -0.986. The molecule has 0 aromatic carbocycles. The number of carboxylic acid groups (broad SMARTS) is 1. The standard InChI is InChI=1S/C12H22N2O3/c1-8-5-4-6-10(7-8)13-12(17)14(3)9(2)11(15)16/h8-10H,4-7H2,1-3H3,(H,13,17)(H,15,16). The van der Waals surface area contributed by atoms with Crippen molar-refractivity contribution in [2.45, 2.75) is 51.6 Å². The highest BCUT2D eigenvalue weighted by molar-refractivity contribution is 5.82. The number of nitrogens with zero attached hydrogens (tertiary/aromatic N) is 1. The van der Waals surface area contributed by atoms with Crippen molar-refractivity contribution >= 4 is 12.0 Å². The fourth-order valence-electron chi connectivity index (χ4n) is 2.18. The molecule has 3 unspecified atom stereocenters. The number of aliphatic carboxylic acids is 1. The number of hydrogen-bond acceptors (Lipinski definition) is 2. The normalized spacial score (nSPS) is 26.1. The molecule has 3 atom stereocenters. The molecule has 1 aliphatic carbocycles. The monoisotopic (exact) mass is 242 g/mol. The van der Waals surface area contributed by atoms with E-state index in [1.165, 1.54) is 25.3 Å². The van der Waals surface area contributed by atoms with Crippen molar-refractivity contribution in [3.05, 3.63) is 0 Å². The van der Waals surface area contributed by atoms with Crippen LogP contribution in [-0.4, -0.2) is 41.1 Å². The van der Waals surface area contributed by atoms with E-state index < -0.39 is 12.0 Å². The fourth-order valence-corrected chi connectivity index (χ4v) is 2.18. The van der Waals surface area contributed by atoms with Gasteiger partial charge in [-0.05, 0) is 25.7 Å². The van der Waals surface area contributed by atoms with Crippen molar-refractivity contribution < 1.29 is 14.7 Å². The molecule has 98 valence electrons. The number of carboxylic acids is 1. The molecule has 1 rings (SSSR count). The molecule has 0 saturated heterocycles. The predicted molar refractivity (Wildman–Crippen MR) is 64.8 cm³/mol. The molecule has 2 N–H and O–H groups in total. The molecule has 1 saturated carbocycles. The summed E-state index contributed by atoms with van der Waals surface area (Å²) in [5.74, 6) is -0.351. The lowest BCUT2D eigenvalue weighted by molar-refractivity contribution is -0.141. The molecule has 0 aliphatic heterocycles. The number of amides is 2. The minimum Gasteiger partial charge on any atom is -0.480 e. The summed E-state index contributed by atoms with van der Waals surface area (Å²) in [6.45, 7) is 3.69. The Hall–Kier alpha value is -1.26. The molecule has 1 fully saturated rings. The summed E-state index contributed by atoms with van der Waals surface area (Å²) in [5, 5.41) is 11.7. The Morgan fingerprint density at radius 1 is 1.41 bits per heavy atom. The van der Waals surface area contributed by atoms with Crippen LogP contribution in [-0.2, 0) is 4.79 Å². The Balaban J connectivity index is 2.45. The van der Waals surface area contributed by atoms with E-state index in [1.807, 2.05) is 0 Å². The molecule has 0 heterocycles. The van der Waals surface area contributed by atoms with Crippen LogP contribution in [0.4, 0.5) is 4.79 Å². The lowest BCUT2D eigenvalue weighted by atomic mass is 9.87. The number of likely N-dealkylation sites (N-methyl/N-ethyl adjacent to an activating group) is 1. The van der Waals surface area contributed by atoms with Crippen molar-refractivity contribution in [3.63, 3.8) is 0 Å². The maximum absolute atomic E-state index is 11.8. The second kappa shape index (κ2) is 5.89. The fraction of sp³-hybridized carbons (Fsp3) is 0.833. The Labute approximate surface area is 102 Å². The summed E-state index contributed by atoms with van der Waals surface area (Å²) < 4.78 is 0. The first-order valence-electron chi connectivity index (χ1n) is 6.18. The van der Waals surface area contributed by atoms with Crippen LogP contribution in [0.15, 0.2) is 0 Å². The van der Waals surface area contributed by atoms with Crippen LogP contribution in [0, 0.1) is 5.92 Å². The summed E-state index contributed by atoms with van der Waals surface area (Å²) in [7, 11) is 1.51. The van der Waals surface area contributed by atoms with Crippen LogP contribution in [0.2, 0.25) is 0 Å². The highest BCUT2D eigenvalue weighted by Gasteiger charge is 2.25. The molecule has 0 bridgehead atoms. The molecule has 5 nitrogen and oxygen atoms in total. The zero-order chi connectivity index (χ0) is 13.0. The van der Waals surface area contributed by atoms with Gasteiger partial charge in [0, 0.05) is 13.1 Å². The first-order valence-corrected chi connectivity index (χ1v) is 6.18.